The van der Waals surface area contributed by atoms with Crippen molar-refractivity contribution in [2.75, 3.05) is 6.54 Å². The Bertz CT molecular complexity index is 1170. The van der Waals surface area contributed by atoms with Gasteiger partial charge in [0.1, 0.15) is 6.04 Å². The molecule has 12 heteroatoms. The number of rotatable bonds is 6. The van der Waals surface area contributed by atoms with Crippen LogP contribution in [0.4, 0.5) is 4.79 Å². The van der Waals surface area contributed by atoms with Crippen LogP contribution in [0.1, 0.15) is 45.4 Å². The topological polar surface area (TPSA) is 116 Å². The van der Waals surface area contributed by atoms with E-state index in [1.165, 1.54) is 0 Å². The largest absolute Gasteiger partial charge is 0.391 e. The van der Waals surface area contributed by atoms with Gasteiger partial charge in [-0.25, -0.2) is 4.98 Å². The van der Waals surface area contributed by atoms with Gasteiger partial charge in [-0.15, -0.1) is 11.3 Å². The van der Waals surface area contributed by atoms with Crippen LogP contribution in [0.2, 0.25) is 0 Å². The highest BCUT2D eigenvalue weighted by Gasteiger charge is 2.47. The normalized spacial score (nSPS) is 24.5. The number of hydrogen-bond acceptors (Lipinski definition) is 8. The zero-order valence-electron chi connectivity index (χ0n) is 21.7. The Kier molecular flexibility index (Phi) is 7.21. The fourth-order valence-corrected chi connectivity index (χ4v) is 5.42. The number of amides is 2. The molecule has 0 bridgehead atoms. The first-order chi connectivity index (χ1) is 16.9. The van der Waals surface area contributed by atoms with Gasteiger partial charge in [0.25, 0.3) is 0 Å². The molecule has 0 saturated carbocycles. The van der Waals surface area contributed by atoms with Crippen molar-refractivity contribution < 1.29 is 19.5 Å². The van der Waals surface area contributed by atoms with Gasteiger partial charge in [-0.3, -0.25) is 9.59 Å². The lowest BCUT2D eigenvalue weighted by atomic mass is 9.55. The van der Waals surface area contributed by atoms with E-state index in [2.05, 4.69) is 20.8 Å². The Morgan fingerprint density at radius 2 is 2.06 bits per heavy atom. The Hall–Kier alpha value is -2.85. The van der Waals surface area contributed by atoms with Crippen molar-refractivity contribution in [3.05, 3.63) is 41.0 Å². The monoisotopic (exact) mass is 509 g/mol. The molecule has 1 saturated heterocycles. The maximum atomic E-state index is 13.6. The fraction of sp³-hybridized carbons (Fsp3) is 0.500. The summed E-state index contributed by atoms with van der Waals surface area (Å²) in [6.07, 6.45) is -0.362. The van der Waals surface area contributed by atoms with Gasteiger partial charge in [-0.1, -0.05) is 50.2 Å². The highest BCUT2D eigenvalue weighted by Crippen LogP contribution is 2.34. The van der Waals surface area contributed by atoms with E-state index in [-0.39, 0.29) is 25.4 Å². The number of carbonyl (C=O) groups excluding carboxylic acids is 2. The summed E-state index contributed by atoms with van der Waals surface area (Å²) in [7, 11) is 2.04. The number of aromatic nitrogens is 1. The van der Waals surface area contributed by atoms with Gasteiger partial charge < -0.3 is 25.5 Å². The number of aliphatic hydroxyl groups is 1. The fourth-order valence-electron chi connectivity index (χ4n) is 4.61. The number of amidine groups is 1. The highest BCUT2D eigenvalue weighted by atomic mass is 32.1. The van der Waals surface area contributed by atoms with Crippen molar-refractivity contribution in [1.29, 1.82) is 0 Å². The minimum absolute atomic E-state index is 0.165. The van der Waals surface area contributed by atoms with Crippen LogP contribution in [-0.2, 0) is 15.4 Å². The number of aliphatic hydroxyl groups excluding tert-OH is 1. The number of benzene rings is 1. The molecule has 4 unspecified atom stereocenters. The van der Waals surface area contributed by atoms with Gasteiger partial charge in [-0.2, -0.15) is 0 Å². The van der Waals surface area contributed by atoms with Crippen molar-refractivity contribution in [2.24, 2.45) is 10.6 Å². The van der Waals surface area contributed by atoms with Crippen LogP contribution in [0, 0.1) is 12.3 Å². The van der Waals surface area contributed by atoms with Gasteiger partial charge in [0.2, 0.25) is 11.6 Å². The Balaban J connectivity index is 1.52. The molecule has 190 valence electrons. The SMILES string of the molecule is BBC(=O)NC(C(=O)N1CC(O)CC1C1=NOC(C)(c2ccc(-c3scnc3C)cc2)N1)C(C)(C)C. The van der Waals surface area contributed by atoms with E-state index in [1.807, 2.05) is 64.4 Å². The number of oxime groups is 1. The predicted octanol–water partition coefficient (Wildman–Crippen LogP) is 1.30. The molecular formula is C24H33B2N5O4S. The number of likely N-dealkylation sites (tertiary alicyclic amines) is 1. The molecule has 2 aliphatic rings. The highest BCUT2D eigenvalue weighted by molar-refractivity contribution is 7.13. The van der Waals surface area contributed by atoms with Crippen molar-refractivity contribution in [3.8, 4) is 10.4 Å². The standard InChI is InChI=1S/C24H33B2N5O4S/c1-13-18(36-12-27-13)14-6-8-15(9-7-14)24(5)29-20(30-35-24)17-10-16(32)11-31(17)21(33)19(23(2,3)4)28-22(34)26-25/h6-9,12,16-17,19,26,32H,10-11,25H2,1-5H3,(H,28,34)(H,29,30). The third-order valence-corrected chi connectivity index (χ3v) is 7.73. The molecule has 3 N–H and O–H groups in total. The minimum Gasteiger partial charge on any atom is -0.391 e. The number of hydrogen-bond donors (Lipinski definition) is 3. The molecule has 1 aromatic heterocycles. The van der Waals surface area contributed by atoms with Gasteiger partial charge in [0.15, 0.2) is 18.8 Å². The van der Waals surface area contributed by atoms with Crippen molar-refractivity contribution in [1.82, 2.24) is 20.5 Å². The molecule has 4 rings (SSSR count). The number of aryl methyl sites for hydroxylation is 1. The summed E-state index contributed by atoms with van der Waals surface area (Å²) in [6, 6.07) is 6.82. The minimum atomic E-state index is -0.918. The molecule has 36 heavy (non-hydrogen) atoms. The Morgan fingerprint density at radius 3 is 2.64 bits per heavy atom. The zero-order valence-corrected chi connectivity index (χ0v) is 22.5. The number of nitrogens with zero attached hydrogens (tertiary/aromatic N) is 3. The maximum Gasteiger partial charge on any atom is 0.246 e. The van der Waals surface area contributed by atoms with E-state index < -0.39 is 29.3 Å². The molecular weight excluding hydrogens is 476 g/mol. The van der Waals surface area contributed by atoms with Gasteiger partial charge in [0, 0.05) is 25.5 Å². The molecule has 2 amide bonds. The van der Waals surface area contributed by atoms with E-state index in [0.29, 0.717) is 12.3 Å². The lowest BCUT2D eigenvalue weighted by Gasteiger charge is -2.35. The summed E-state index contributed by atoms with van der Waals surface area (Å²) in [4.78, 5) is 38.7. The van der Waals surface area contributed by atoms with Crippen LogP contribution in [0.25, 0.3) is 10.4 Å². The van der Waals surface area contributed by atoms with Crippen LogP contribution >= 0.6 is 11.3 Å². The molecule has 2 aliphatic heterocycles. The molecule has 0 aliphatic carbocycles. The van der Waals surface area contributed by atoms with E-state index in [4.69, 9.17) is 4.84 Å². The van der Waals surface area contributed by atoms with Crippen LogP contribution in [0.3, 0.4) is 0 Å². The lowest BCUT2D eigenvalue weighted by Crippen LogP contribution is -2.58. The Labute approximate surface area is 217 Å². The number of β-amino-alcohol motifs (C(OH)–C–C–N with tert-alkyl or cyclic N) is 1. The molecule has 9 nitrogen and oxygen atoms in total. The lowest BCUT2D eigenvalue weighted by molar-refractivity contribution is -0.135. The average molecular weight is 509 g/mol. The summed E-state index contributed by atoms with van der Waals surface area (Å²) in [5.74, 6) is 0.0521. The summed E-state index contributed by atoms with van der Waals surface area (Å²) in [5, 5.41) is 21.0. The van der Waals surface area contributed by atoms with E-state index >= 15 is 0 Å². The molecule has 4 atom stereocenters. The maximum absolute atomic E-state index is 13.6. The quantitative estimate of drug-likeness (QED) is 0.506. The smallest absolute Gasteiger partial charge is 0.246 e. The summed E-state index contributed by atoms with van der Waals surface area (Å²) < 4.78 is 0. The average Bonchev–Trinajstić information content (AvgIpc) is 3.54. The zero-order chi connectivity index (χ0) is 26.3. The first-order valence-corrected chi connectivity index (χ1v) is 13.1. The van der Waals surface area contributed by atoms with Gasteiger partial charge in [0.05, 0.1) is 36.0 Å². The molecule has 1 aromatic carbocycles. The van der Waals surface area contributed by atoms with E-state index in [9.17, 15) is 14.7 Å². The molecule has 2 aromatic rings. The van der Waals surface area contributed by atoms with Gasteiger partial charge >= 0.3 is 0 Å². The van der Waals surface area contributed by atoms with Crippen LogP contribution in [-0.4, -0.2) is 72.2 Å². The third kappa shape index (κ3) is 5.15. The second kappa shape index (κ2) is 9.89. The number of carbonyl (C=O) groups is 2. The summed E-state index contributed by atoms with van der Waals surface area (Å²) in [6.45, 7) is 9.78. The van der Waals surface area contributed by atoms with Crippen LogP contribution in [0.5, 0.6) is 0 Å². The predicted molar refractivity (Wildman–Crippen MR) is 145 cm³/mol. The Morgan fingerprint density at radius 1 is 1.36 bits per heavy atom. The van der Waals surface area contributed by atoms with E-state index in [1.54, 1.807) is 24.0 Å². The first kappa shape index (κ1) is 26.2. The third-order valence-electron chi connectivity index (χ3n) is 6.75. The summed E-state index contributed by atoms with van der Waals surface area (Å²) in [5.41, 5.74) is 3.37. The summed E-state index contributed by atoms with van der Waals surface area (Å²) >= 11 is 1.60. The van der Waals surface area contributed by atoms with Crippen LogP contribution < -0.4 is 10.6 Å². The first-order valence-electron chi connectivity index (χ1n) is 12.3. The number of thiazole rings is 1. The van der Waals surface area contributed by atoms with Gasteiger partial charge in [-0.05, 0) is 17.9 Å². The molecule has 1 fully saturated rings. The van der Waals surface area contributed by atoms with E-state index in [0.717, 1.165) is 21.7 Å². The molecule has 3 heterocycles. The number of nitrogens with one attached hydrogen (secondary N) is 2. The van der Waals surface area contributed by atoms with Crippen molar-refractivity contribution in [2.45, 2.75) is 65.0 Å². The second-order valence-corrected chi connectivity index (χ2v) is 11.5. The second-order valence-electron chi connectivity index (χ2n) is 10.7. The molecule has 0 radical (unpaired) electrons. The molecule has 0 spiro atoms. The van der Waals surface area contributed by atoms with Crippen molar-refractivity contribution in [3.63, 3.8) is 0 Å². The van der Waals surface area contributed by atoms with Crippen LogP contribution in [0.15, 0.2) is 34.9 Å². The van der Waals surface area contributed by atoms with Crippen molar-refractivity contribution >= 4 is 43.8 Å².